The second kappa shape index (κ2) is 6.61. The molecule has 0 unspecified atom stereocenters. The Kier molecular flexibility index (Phi) is 4.59. The van der Waals surface area contributed by atoms with Crippen LogP contribution in [0.1, 0.15) is 17.0 Å². The van der Waals surface area contributed by atoms with Gasteiger partial charge >= 0.3 is 0 Å². The van der Waals surface area contributed by atoms with Crippen molar-refractivity contribution in [1.82, 2.24) is 4.90 Å². The van der Waals surface area contributed by atoms with Crippen molar-refractivity contribution in [2.45, 2.75) is 12.5 Å². The third-order valence-electron chi connectivity index (χ3n) is 4.37. The van der Waals surface area contributed by atoms with E-state index >= 15 is 0 Å². The highest BCUT2D eigenvalue weighted by atomic mass is 35.5. The van der Waals surface area contributed by atoms with Gasteiger partial charge in [-0.1, -0.05) is 54.1 Å². The van der Waals surface area contributed by atoms with Gasteiger partial charge in [0.1, 0.15) is 0 Å². The van der Waals surface area contributed by atoms with E-state index < -0.39 is 0 Å². The Morgan fingerprint density at radius 1 is 1.00 bits per heavy atom. The molecule has 1 aliphatic heterocycles. The van der Waals surface area contributed by atoms with Gasteiger partial charge in [-0.3, -0.25) is 4.90 Å². The maximum absolute atomic E-state index is 5.99. The molecular weight excluding hydrogens is 280 g/mol. The molecule has 1 saturated heterocycles. The van der Waals surface area contributed by atoms with Gasteiger partial charge in [0, 0.05) is 30.6 Å². The Labute approximate surface area is 131 Å². The van der Waals surface area contributed by atoms with Gasteiger partial charge < -0.3 is 5.73 Å². The van der Waals surface area contributed by atoms with Gasteiger partial charge in [-0.05, 0) is 35.7 Å². The molecule has 0 aliphatic carbocycles. The van der Waals surface area contributed by atoms with Crippen LogP contribution in [-0.4, -0.2) is 24.5 Å². The molecule has 1 fully saturated rings. The van der Waals surface area contributed by atoms with E-state index in [0.29, 0.717) is 11.8 Å². The van der Waals surface area contributed by atoms with Crippen LogP contribution < -0.4 is 5.73 Å². The van der Waals surface area contributed by atoms with E-state index in [1.165, 1.54) is 11.1 Å². The Morgan fingerprint density at radius 2 is 1.71 bits per heavy atom. The number of rotatable bonds is 4. The van der Waals surface area contributed by atoms with Gasteiger partial charge in [0.15, 0.2) is 0 Å². The lowest BCUT2D eigenvalue weighted by molar-refractivity contribution is 0.317. The predicted octanol–water partition coefficient (Wildman–Crippen LogP) is 3.51. The highest BCUT2D eigenvalue weighted by Crippen LogP contribution is 2.33. The average Bonchev–Trinajstić information content (AvgIpc) is 2.92. The first-order valence-corrected chi connectivity index (χ1v) is 7.86. The Hall–Kier alpha value is -1.35. The second-order valence-electron chi connectivity index (χ2n) is 5.83. The molecule has 21 heavy (non-hydrogen) atoms. The van der Waals surface area contributed by atoms with Gasteiger partial charge in [0.2, 0.25) is 0 Å². The first kappa shape index (κ1) is 14.6. The molecule has 2 aromatic rings. The Morgan fingerprint density at radius 3 is 2.38 bits per heavy atom. The van der Waals surface area contributed by atoms with Crippen molar-refractivity contribution >= 4 is 11.6 Å². The van der Waals surface area contributed by atoms with Crippen LogP contribution in [0.3, 0.4) is 0 Å². The van der Waals surface area contributed by atoms with Crippen LogP contribution in [0.25, 0.3) is 0 Å². The molecule has 2 atom stereocenters. The predicted molar refractivity (Wildman–Crippen MR) is 88.5 cm³/mol. The first-order valence-electron chi connectivity index (χ1n) is 7.48. The number of halogens is 1. The molecule has 3 heteroatoms. The summed E-state index contributed by atoms with van der Waals surface area (Å²) in [5.41, 5.74) is 8.71. The third-order valence-corrected chi connectivity index (χ3v) is 4.62. The van der Waals surface area contributed by atoms with Gasteiger partial charge in [-0.25, -0.2) is 0 Å². The van der Waals surface area contributed by atoms with Crippen LogP contribution in [0.15, 0.2) is 54.6 Å². The maximum Gasteiger partial charge on any atom is 0.0406 e. The van der Waals surface area contributed by atoms with Crippen molar-refractivity contribution in [1.29, 1.82) is 0 Å². The number of hydrogen-bond donors (Lipinski definition) is 1. The minimum Gasteiger partial charge on any atom is -0.330 e. The summed E-state index contributed by atoms with van der Waals surface area (Å²) in [5, 5.41) is 0.794. The molecule has 110 valence electrons. The number of nitrogens with two attached hydrogens (primary N) is 1. The summed E-state index contributed by atoms with van der Waals surface area (Å²) in [6.45, 7) is 3.87. The molecule has 0 bridgehead atoms. The quantitative estimate of drug-likeness (QED) is 0.936. The molecule has 2 nitrogen and oxygen atoms in total. The lowest BCUT2D eigenvalue weighted by Crippen LogP contribution is -2.23. The Balaban J connectivity index is 1.72. The topological polar surface area (TPSA) is 29.3 Å². The van der Waals surface area contributed by atoms with Crippen LogP contribution in [0.2, 0.25) is 5.02 Å². The Bertz CT molecular complexity index is 568. The van der Waals surface area contributed by atoms with E-state index in [-0.39, 0.29) is 0 Å². The van der Waals surface area contributed by atoms with Crippen molar-refractivity contribution in [2.75, 3.05) is 19.6 Å². The SMILES string of the molecule is NC[C@H]1CN(Cc2ccccc2)C[C@H]1c1ccc(Cl)cc1. The summed E-state index contributed by atoms with van der Waals surface area (Å²) < 4.78 is 0. The van der Waals surface area contributed by atoms with Crippen molar-refractivity contribution in [3.63, 3.8) is 0 Å². The van der Waals surface area contributed by atoms with E-state index in [1.54, 1.807) is 0 Å². The molecule has 0 spiro atoms. The van der Waals surface area contributed by atoms with Crippen LogP contribution >= 0.6 is 11.6 Å². The number of benzene rings is 2. The minimum absolute atomic E-state index is 0.510. The van der Waals surface area contributed by atoms with E-state index in [9.17, 15) is 0 Å². The van der Waals surface area contributed by atoms with Gasteiger partial charge in [0.05, 0.1) is 0 Å². The van der Waals surface area contributed by atoms with E-state index in [1.807, 2.05) is 12.1 Å². The van der Waals surface area contributed by atoms with Crippen LogP contribution in [-0.2, 0) is 6.54 Å². The van der Waals surface area contributed by atoms with Crippen LogP contribution in [0.5, 0.6) is 0 Å². The molecule has 0 aromatic heterocycles. The largest absolute Gasteiger partial charge is 0.330 e. The highest BCUT2D eigenvalue weighted by molar-refractivity contribution is 6.30. The zero-order valence-corrected chi connectivity index (χ0v) is 12.8. The van der Waals surface area contributed by atoms with Gasteiger partial charge in [-0.15, -0.1) is 0 Å². The molecule has 0 saturated carbocycles. The molecule has 2 aromatic carbocycles. The monoisotopic (exact) mass is 300 g/mol. The lowest BCUT2D eigenvalue weighted by atomic mass is 9.89. The van der Waals surface area contributed by atoms with E-state index in [4.69, 9.17) is 17.3 Å². The third kappa shape index (κ3) is 3.46. The second-order valence-corrected chi connectivity index (χ2v) is 6.27. The number of hydrogen-bond acceptors (Lipinski definition) is 2. The summed E-state index contributed by atoms with van der Waals surface area (Å²) in [5.74, 6) is 1.03. The van der Waals surface area contributed by atoms with Crippen LogP contribution in [0, 0.1) is 5.92 Å². The number of likely N-dealkylation sites (tertiary alicyclic amines) is 1. The maximum atomic E-state index is 5.99. The zero-order valence-electron chi connectivity index (χ0n) is 12.1. The van der Waals surface area contributed by atoms with Crippen LogP contribution in [0.4, 0.5) is 0 Å². The normalized spacial score (nSPS) is 22.6. The average molecular weight is 301 g/mol. The fourth-order valence-electron chi connectivity index (χ4n) is 3.26. The summed E-state index contributed by atoms with van der Waals surface area (Å²) in [7, 11) is 0. The molecule has 1 heterocycles. The molecule has 0 radical (unpaired) electrons. The minimum atomic E-state index is 0.510. The summed E-state index contributed by atoms with van der Waals surface area (Å²) >= 11 is 5.99. The highest BCUT2D eigenvalue weighted by Gasteiger charge is 2.32. The summed E-state index contributed by atoms with van der Waals surface area (Å²) in [6.07, 6.45) is 0. The standard InChI is InChI=1S/C18H21ClN2/c19-17-8-6-15(7-9-17)18-13-21(12-16(18)10-20)11-14-4-2-1-3-5-14/h1-9,16,18H,10-13,20H2/t16-,18-/m0/s1. The lowest BCUT2D eigenvalue weighted by Gasteiger charge is -2.17. The van der Waals surface area contributed by atoms with Gasteiger partial charge in [-0.2, -0.15) is 0 Å². The van der Waals surface area contributed by atoms with E-state index in [0.717, 1.165) is 31.2 Å². The molecular formula is C18H21ClN2. The van der Waals surface area contributed by atoms with E-state index in [2.05, 4.69) is 47.4 Å². The van der Waals surface area contributed by atoms with Gasteiger partial charge in [0.25, 0.3) is 0 Å². The fourth-order valence-corrected chi connectivity index (χ4v) is 3.38. The van der Waals surface area contributed by atoms with Crippen molar-refractivity contribution < 1.29 is 0 Å². The smallest absolute Gasteiger partial charge is 0.0406 e. The molecule has 0 amide bonds. The molecule has 3 rings (SSSR count). The number of nitrogens with zero attached hydrogens (tertiary/aromatic N) is 1. The van der Waals surface area contributed by atoms with Crippen molar-refractivity contribution in [2.24, 2.45) is 11.7 Å². The molecule has 2 N–H and O–H groups in total. The van der Waals surface area contributed by atoms with Crippen molar-refractivity contribution in [3.05, 3.63) is 70.7 Å². The summed E-state index contributed by atoms with van der Waals surface area (Å²) in [6, 6.07) is 18.9. The molecule has 1 aliphatic rings. The summed E-state index contributed by atoms with van der Waals surface area (Å²) in [4.78, 5) is 2.51. The fraction of sp³-hybridized carbons (Fsp3) is 0.333. The first-order chi connectivity index (χ1) is 10.3. The van der Waals surface area contributed by atoms with Crippen molar-refractivity contribution in [3.8, 4) is 0 Å². The zero-order chi connectivity index (χ0) is 14.7.